The number of nitrogens with zero attached hydrogens (tertiary/aromatic N) is 3. The second kappa shape index (κ2) is 6.88. The number of aryl methyl sites for hydroxylation is 1. The van der Waals surface area contributed by atoms with Gasteiger partial charge in [0.2, 0.25) is 0 Å². The van der Waals surface area contributed by atoms with Crippen LogP contribution in [0.4, 0.5) is 0 Å². The van der Waals surface area contributed by atoms with Crippen LogP contribution in [0, 0.1) is 6.92 Å². The molecule has 0 aliphatic rings. The van der Waals surface area contributed by atoms with Gasteiger partial charge in [0.15, 0.2) is 5.65 Å². The lowest BCUT2D eigenvalue weighted by atomic mass is 9.92. The van der Waals surface area contributed by atoms with Crippen molar-refractivity contribution in [2.45, 2.75) is 57.2 Å². The minimum atomic E-state index is -0.127. The summed E-state index contributed by atoms with van der Waals surface area (Å²) >= 11 is 1.54. The Morgan fingerprint density at radius 3 is 2.42 bits per heavy atom. The number of benzene rings is 1. The molecule has 1 aromatic carbocycles. The molecule has 4 nitrogen and oxygen atoms in total. The van der Waals surface area contributed by atoms with Gasteiger partial charge in [0.25, 0.3) is 0 Å². The van der Waals surface area contributed by atoms with E-state index in [2.05, 4.69) is 39.0 Å². The highest BCUT2D eigenvalue weighted by Gasteiger charge is 2.23. The van der Waals surface area contributed by atoms with E-state index in [-0.39, 0.29) is 16.4 Å². The first kappa shape index (κ1) is 18.6. The van der Waals surface area contributed by atoms with Gasteiger partial charge in [-0.05, 0) is 32.4 Å². The van der Waals surface area contributed by atoms with Crippen molar-refractivity contribution >= 4 is 23.2 Å². The third-order valence-electron chi connectivity index (χ3n) is 4.43. The normalized spacial score (nSPS) is 13.2. The molecule has 1 unspecified atom stereocenters. The van der Waals surface area contributed by atoms with E-state index >= 15 is 0 Å². The van der Waals surface area contributed by atoms with E-state index < -0.39 is 0 Å². The molecule has 0 saturated carbocycles. The number of thioether (sulfide) groups is 1. The van der Waals surface area contributed by atoms with Gasteiger partial charge < -0.3 is 0 Å². The molecule has 0 amide bonds. The zero-order chi connectivity index (χ0) is 19.1. The summed E-state index contributed by atoms with van der Waals surface area (Å²) in [5.41, 5.74) is 4.85. The number of Topliss-reactive ketones (excluding diaryl/α,β-unsaturated/α-hetero) is 1. The van der Waals surface area contributed by atoms with Crippen molar-refractivity contribution in [1.29, 1.82) is 0 Å². The molecule has 26 heavy (non-hydrogen) atoms. The Morgan fingerprint density at radius 2 is 1.85 bits per heavy atom. The third-order valence-corrected chi connectivity index (χ3v) is 5.65. The SMILES string of the molecule is CC(=O)C(C)Sc1cc(C(C)(C)C)nc2c(-c3ccccc3)c(C)nn12. The van der Waals surface area contributed by atoms with E-state index in [1.165, 1.54) is 11.8 Å². The molecule has 0 radical (unpaired) electrons. The van der Waals surface area contributed by atoms with Crippen LogP contribution in [0.5, 0.6) is 0 Å². The Hall–Kier alpha value is -2.14. The van der Waals surface area contributed by atoms with Gasteiger partial charge in [0.1, 0.15) is 10.8 Å². The largest absolute Gasteiger partial charge is 0.299 e. The van der Waals surface area contributed by atoms with E-state index in [1.54, 1.807) is 6.92 Å². The second-order valence-electron chi connectivity index (χ2n) is 7.66. The molecule has 5 heteroatoms. The van der Waals surface area contributed by atoms with Crippen LogP contribution >= 0.6 is 11.8 Å². The number of carbonyl (C=O) groups is 1. The minimum Gasteiger partial charge on any atom is -0.299 e. The average Bonchev–Trinajstić information content (AvgIpc) is 2.91. The Balaban J connectivity index is 2.29. The van der Waals surface area contributed by atoms with Crippen molar-refractivity contribution < 1.29 is 4.79 Å². The van der Waals surface area contributed by atoms with Crippen molar-refractivity contribution in [1.82, 2.24) is 14.6 Å². The first-order valence-corrected chi connectivity index (χ1v) is 9.70. The molecule has 3 aromatic rings. The van der Waals surface area contributed by atoms with Gasteiger partial charge in [-0.1, -0.05) is 62.9 Å². The third kappa shape index (κ3) is 3.54. The molecule has 0 N–H and O–H groups in total. The predicted octanol–water partition coefficient (Wildman–Crippen LogP) is 5.07. The molecular formula is C21H25N3OS. The van der Waals surface area contributed by atoms with Crippen molar-refractivity contribution in [3.63, 3.8) is 0 Å². The maximum atomic E-state index is 11.8. The maximum absolute atomic E-state index is 11.8. The van der Waals surface area contributed by atoms with Crippen LogP contribution in [0.2, 0.25) is 0 Å². The number of rotatable bonds is 4. The number of hydrogen-bond acceptors (Lipinski definition) is 4. The summed E-state index contributed by atoms with van der Waals surface area (Å²) in [6.07, 6.45) is 0. The van der Waals surface area contributed by atoms with E-state index in [1.807, 2.05) is 36.6 Å². The van der Waals surface area contributed by atoms with Crippen molar-refractivity contribution in [2.24, 2.45) is 0 Å². The van der Waals surface area contributed by atoms with Gasteiger partial charge in [-0.3, -0.25) is 4.79 Å². The summed E-state index contributed by atoms with van der Waals surface area (Å²) in [7, 11) is 0. The smallest absolute Gasteiger partial charge is 0.164 e. The van der Waals surface area contributed by atoms with Gasteiger partial charge in [-0.2, -0.15) is 5.10 Å². The highest BCUT2D eigenvalue weighted by atomic mass is 32.2. The lowest BCUT2D eigenvalue weighted by Gasteiger charge is -2.20. The Morgan fingerprint density at radius 1 is 1.19 bits per heavy atom. The van der Waals surface area contributed by atoms with E-state index in [9.17, 15) is 4.79 Å². The van der Waals surface area contributed by atoms with Gasteiger partial charge >= 0.3 is 0 Å². The van der Waals surface area contributed by atoms with Crippen LogP contribution in [0.1, 0.15) is 46.0 Å². The Labute approximate surface area is 159 Å². The zero-order valence-electron chi connectivity index (χ0n) is 16.2. The van der Waals surface area contributed by atoms with Crippen LogP contribution in [-0.2, 0) is 10.2 Å². The number of fused-ring (bicyclic) bond motifs is 1. The van der Waals surface area contributed by atoms with Crippen molar-refractivity contribution in [3.8, 4) is 11.1 Å². The fourth-order valence-corrected chi connectivity index (χ4v) is 3.71. The monoisotopic (exact) mass is 367 g/mol. The molecule has 0 fully saturated rings. The lowest BCUT2D eigenvalue weighted by Crippen LogP contribution is -2.16. The first-order chi connectivity index (χ1) is 12.2. The van der Waals surface area contributed by atoms with Crippen molar-refractivity contribution in [2.75, 3.05) is 0 Å². The van der Waals surface area contributed by atoms with Gasteiger partial charge in [-0.15, -0.1) is 0 Å². The Bertz CT molecular complexity index is 955. The lowest BCUT2D eigenvalue weighted by molar-refractivity contribution is -0.116. The van der Waals surface area contributed by atoms with Gasteiger partial charge in [0.05, 0.1) is 16.6 Å². The summed E-state index contributed by atoms with van der Waals surface area (Å²) in [5.74, 6) is 0.157. The topological polar surface area (TPSA) is 47.3 Å². The predicted molar refractivity (Wildman–Crippen MR) is 108 cm³/mol. The number of aromatic nitrogens is 3. The molecule has 3 rings (SSSR count). The summed E-state index contributed by atoms with van der Waals surface area (Å²) in [5, 5.41) is 5.57. The maximum Gasteiger partial charge on any atom is 0.164 e. The molecule has 2 heterocycles. The molecule has 0 saturated heterocycles. The molecule has 0 aliphatic carbocycles. The molecular weight excluding hydrogens is 342 g/mol. The number of ketones is 1. The highest BCUT2D eigenvalue weighted by molar-refractivity contribution is 8.00. The summed E-state index contributed by atoms with van der Waals surface area (Å²) < 4.78 is 1.89. The summed E-state index contributed by atoms with van der Waals surface area (Å²) in [6.45, 7) is 12.0. The Kier molecular flexibility index (Phi) is 4.93. The number of hydrogen-bond donors (Lipinski definition) is 0. The van der Waals surface area contributed by atoms with E-state index in [4.69, 9.17) is 10.1 Å². The molecule has 0 bridgehead atoms. The van der Waals surface area contributed by atoms with E-state index in [0.717, 1.165) is 33.2 Å². The van der Waals surface area contributed by atoms with Crippen LogP contribution < -0.4 is 0 Å². The average molecular weight is 368 g/mol. The molecule has 0 spiro atoms. The molecule has 2 aromatic heterocycles. The fourth-order valence-electron chi connectivity index (χ4n) is 2.77. The van der Waals surface area contributed by atoms with Crippen LogP contribution in [-0.4, -0.2) is 25.6 Å². The second-order valence-corrected chi connectivity index (χ2v) is 9.02. The first-order valence-electron chi connectivity index (χ1n) is 8.82. The fraction of sp³-hybridized carbons (Fsp3) is 0.381. The molecule has 136 valence electrons. The minimum absolute atomic E-state index is 0.0946. The quantitative estimate of drug-likeness (QED) is 0.477. The highest BCUT2D eigenvalue weighted by Crippen LogP contribution is 2.34. The zero-order valence-corrected chi connectivity index (χ0v) is 17.0. The van der Waals surface area contributed by atoms with Crippen LogP contribution in [0.3, 0.4) is 0 Å². The summed E-state index contributed by atoms with van der Waals surface area (Å²) in [4.78, 5) is 16.8. The molecule has 0 aliphatic heterocycles. The van der Waals surface area contributed by atoms with Crippen LogP contribution in [0.15, 0.2) is 41.4 Å². The summed E-state index contributed by atoms with van der Waals surface area (Å²) in [6, 6.07) is 12.3. The van der Waals surface area contributed by atoms with Crippen LogP contribution in [0.25, 0.3) is 16.8 Å². The standard InChI is InChI=1S/C21H25N3OS/c1-13-19(16-10-8-7-9-11-16)20-22-17(21(4,5)6)12-18(24(20)23-13)26-15(3)14(2)25/h7-12,15H,1-6H3. The van der Waals surface area contributed by atoms with Gasteiger partial charge in [-0.25, -0.2) is 9.50 Å². The van der Waals surface area contributed by atoms with E-state index in [0.29, 0.717) is 0 Å². The number of carbonyl (C=O) groups excluding carboxylic acids is 1. The molecule has 1 atom stereocenters. The van der Waals surface area contributed by atoms with Gasteiger partial charge in [0, 0.05) is 11.0 Å². The van der Waals surface area contributed by atoms with Crippen molar-refractivity contribution in [3.05, 3.63) is 47.8 Å².